The summed E-state index contributed by atoms with van der Waals surface area (Å²) >= 11 is 3.07. The molecule has 2 N–H and O–H groups in total. The van der Waals surface area contributed by atoms with Crippen LogP contribution in [0.15, 0.2) is 16.6 Å². The van der Waals surface area contributed by atoms with Crippen molar-refractivity contribution in [2.75, 3.05) is 6.54 Å². The number of phenolic OH excluding ortho intramolecular Hbond substituents is 1. The first-order valence-electron chi connectivity index (χ1n) is 5.59. The molecule has 0 saturated carbocycles. The first-order valence-corrected chi connectivity index (χ1v) is 6.38. The molecule has 6 heteroatoms. The Morgan fingerprint density at radius 2 is 2.06 bits per heavy atom. The fraction of sp³-hybridized carbons (Fsp3) is 0.500. The summed E-state index contributed by atoms with van der Waals surface area (Å²) in [5, 5.41) is 13.0. The summed E-state index contributed by atoms with van der Waals surface area (Å²) in [5.41, 5.74) is -1.31. The van der Waals surface area contributed by atoms with Gasteiger partial charge in [0.1, 0.15) is 5.75 Å². The van der Waals surface area contributed by atoms with Crippen LogP contribution in [0.25, 0.3) is 0 Å². The molecule has 2 rings (SSSR count). The molecule has 1 heterocycles. The van der Waals surface area contributed by atoms with Crippen LogP contribution in [0, 0.1) is 0 Å². The van der Waals surface area contributed by atoms with Gasteiger partial charge in [0, 0.05) is 15.6 Å². The van der Waals surface area contributed by atoms with Gasteiger partial charge in [-0.15, -0.1) is 0 Å². The monoisotopic (exact) mass is 323 g/mol. The molecule has 0 spiro atoms. The van der Waals surface area contributed by atoms with E-state index in [4.69, 9.17) is 0 Å². The lowest BCUT2D eigenvalue weighted by atomic mass is 9.88. The van der Waals surface area contributed by atoms with Gasteiger partial charge < -0.3 is 10.4 Å². The molecular weight excluding hydrogens is 311 g/mol. The third-order valence-corrected chi connectivity index (χ3v) is 3.80. The average Bonchev–Trinajstić information content (AvgIpc) is 2.67. The average molecular weight is 324 g/mol. The summed E-state index contributed by atoms with van der Waals surface area (Å²) in [6, 6.07) is 2.44. The van der Waals surface area contributed by atoms with Gasteiger partial charge in [0.25, 0.3) is 0 Å². The number of halogens is 4. The highest BCUT2D eigenvalue weighted by Crippen LogP contribution is 2.44. The molecule has 18 heavy (non-hydrogen) atoms. The van der Waals surface area contributed by atoms with Crippen LogP contribution in [0.4, 0.5) is 13.2 Å². The molecule has 0 aliphatic carbocycles. The second-order valence-electron chi connectivity index (χ2n) is 4.71. The zero-order valence-electron chi connectivity index (χ0n) is 9.74. The van der Waals surface area contributed by atoms with E-state index in [1.54, 1.807) is 6.07 Å². The van der Waals surface area contributed by atoms with E-state index in [0.717, 1.165) is 19.0 Å². The van der Waals surface area contributed by atoms with Gasteiger partial charge in [0.05, 0.1) is 5.56 Å². The summed E-state index contributed by atoms with van der Waals surface area (Å²) in [5.74, 6) is -0.678. The number of hydrogen-bond acceptors (Lipinski definition) is 2. The Labute approximate surface area is 111 Å². The molecule has 1 aromatic carbocycles. The van der Waals surface area contributed by atoms with Crippen molar-refractivity contribution >= 4 is 15.9 Å². The summed E-state index contributed by atoms with van der Waals surface area (Å²) in [6.07, 6.45) is -2.98. The van der Waals surface area contributed by atoms with Gasteiger partial charge >= 0.3 is 6.18 Å². The van der Waals surface area contributed by atoms with Gasteiger partial charge in [-0.25, -0.2) is 0 Å². The van der Waals surface area contributed by atoms with Crippen molar-refractivity contribution in [2.24, 2.45) is 0 Å². The van der Waals surface area contributed by atoms with Crippen molar-refractivity contribution in [3.8, 4) is 5.75 Å². The first-order chi connectivity index (χ1) is 8.24. The maximum Gasteiger partial charge on any atom is 0.420 e. The number of rotatable bonds is 1. The van der Waals surface area contributed by atoms with E-state index in [0.29, 0.717) is 16.5 Å². The van der Waals surface area contributed by atoms with Crippen molar-refractivity contribution in [1.29, 1.82) is 0 Å². The Kier molecular flexibility index (Phi) is 3.36. The van der Waals surface area contributed by atoms with Gasteiger partial charge in [-0.3, -0.25) is 0 Å². The number of benzene rings is 1. The minimum atomic E-state index is -4.56. The number of phenols is 1. The Morgan fingerprint density at radius 1 is 1.39 bits per heavy atom. The Balaban J connectivity index is 2.58. The normalized spacial score (nSPS) is 24.5. The van der Waals surface area contributed by atoms with E-state index < -0.39 is 23.0 Å². The van der Waals surface area contributed by atoms with Crippen molar-refractivity contribution in [2.45, 2.75) is 31.5 Å². The molecule has 0 aromatic heterocycles. The van der Waals surface area contributed by atoms with E-state index >= 15 is 0 Å². The summed E-state index contributed by atoms with van der Waals surface area (Å²) < 4.78 is 38.8. The molecular formula is C12H13BrF3NO. The van der Waals surface area contributed by atoms with Gasteiger partial charge in [-0.05, 0) is 38.4 Å². The lowest BCUT2D eigenvalue weighted by Gasteiger charge is -2.27. The molecule has 1 atom stereocenters. The quantitative estimate of drug-likeness (QED) is 0.824. The zero-order chi connectivity index (χ0) is 13.6. The lowest BCUT2D eigenvalue weighted by Crippen LogP contribution is -2.33. The van der Waals surface area contributed by atoms with Crippen molar-refractivity contribution < 1.29 is 18.3 Å². The van der Waals surface area contributed by atoms with Crippen LogP contribution < -0.4 is 5.32 Å². The van der Waals surface area contributed by atoms with Gasteiger partial charge in [-0.1, -0.05) is 15.9 Å². The van der Waals surface area contributed by atoms with Crippen LogP contribution in [0.3, 0.4) is 0 Å². The summed E-state index contributed by atoms with van der Waals surface area (Å²) in [6.45, 7) is 2.55. The SMILES string of the molecule is CC1(c2cc(Br)cc(C(F)(F)F)c2O)CCCN1. The second-order valence-corrected chi connectivity index (χ2v) is 5.63. The molecule has 100 valence electrons. The predicted molar refractivity (Wildman–Crippen MR) is 65.4 cm³/mol. The Bertz CT molecular complexity index is 467. The molecule has 1 saturated heterocycles. The molecule has 2 nitrogen and oxygen atoms in total. The number of hydrogen-bond donors (Lipinski definition) is 2. The largest absolute Gasteiger partial charge is 0.507 e. The van der Waals surface area contributed by atoms with E-state index in [1.807, 2.05) is 6.92 Å². The van der Waals surface area contributed by atoms with E-state index in [1.165, 1.54) is 0 Å². The van der Waals surface area contributed by atoms with Crippen molar-refractivity contribution in [3.05, 3.63) is 27.7 Å². The van der Waals surface area contributed by atoms with E-state index in [2.05, 4.69) is 21.2 Å². The van der Waals surface area contributed by atoms with Gasteiger partial charge in [-0.2, -0.15) is 13.2 Å². The van der Waals surface area contributed by atoms with Crippen molar-refractivity contribution in [3.63, 3.8) is 0 Å². The molecule has 1 unspecified atom stereocenters. The van der Waals surface area contributed by atoms with Gasteiger partial charge in [0.2, 0.25) is 0 Å². The molecule has 1 aliphatic rings. The maximum atomic E-state index is 12.8. The maximum absolute atomic E-state index is 12.8. The highest BCUT2D eigenvalue weighted by atomic mass is 79.9. The van der Waals surface area contributed by atoms with Crippen molar-refractivity contribution in [1.82, 2.24) is 5.32 Å². The van der Waals surface area contributed by atoms with E-state index in [-0.39, 0.29) is 0 Å². The minimum absolute atomic E-state index is 0.293. The van der Waals surface area contributed by atoms with Crippen LogP contribution >= 0.6 is 15.9 Å². The standard InChI is InChI=1S/C12H13BrF3NO/c1-11(3-2-4-17-11)8-5-7(13)6-9(10(8)18)12(14,15)16/h5-6,17-18H,2-4H2,1H3. The van der Waals surface area contributed by atoms with Crippen LogP contribution in [-0.2, 0) is 11.7 Å². The third kappa shape index (κ3) is 2.36. The molecule has 0 amide bonds. The van der Waals surface area contributed by atoms with Crippen LogP contribution in [0.2, 0.25) is 0 Å². The zero-order valence-corrected chi connectivity index (χ0v) is 11.3. The molecule has 0 bridgehead atoms. The number of aromatic hydroxyl groups is 1. The third-order valence-electron chi connectivity index (χ3n) is 3.34. The van der Waals surface area contributed by atoms with Crippen LogP contribution in [-0.4, -0.2) is 11.7 Å². The fourth-order valence-corrected chi connectivity index (χ4v) is 2.82. The number of alkyl halides is 3. The summed E-state index contributed by atoms with van der Waals surface area (Å²) in [4.78, 5) is 0. The van der Waals surface area contributed by atoms with Gasteiger partial charge in [0.15, 0.2) is 0 Å². The molecule has 1 aromatic rings. The minimum Gasteiger partial charge on any atom is -0.507 e. The number of nitrogens with one attached hydrogen (secondary N) is 1. The molecule has 0 radical (unpaired) electrons. The highest BCUT2D eigenvalue weighted by Gasteiger charge is 2.39. The first kappa shape index (κ1) is 13.7. The Morgan fingerprint density at radius 3 is 2.56 bits per heavy atom. The topological polar surface area (TPSA) is 32.3 Å². The van der Waals surface area contributed by atoms with E-state index in [9.17, 15) is 18.3 Å². The molecule has 1 aliphatic heterocycles. The predicted octanol–water partition coefficient (Wildman–Crippen LogP) is 3.77. The second kappa shape index (κ2) is 4.42. The molecule has 1 fully saturated rings. The lowest BCUT2D eigenvalue weighted by molar-refractivity contribution is -0.138. The Hall–Kier alpha value is -0.750. The smallest absolute Gasteiger partial charge is 0.420 e. The summed E-state index contributed by atoms with van der Waals surface area (Å²) in [7, 11) is 0. The van der Waals surface area contributed by atoms with Crippen LogP contribution in [0.5, 0.6) is 5.75 Å². The highest BCUT2D eigenvalue weighted by molar-refractivity contribution is 9.10. The van der Waals surface area contributed by atoms with Crippen LogP contribution in [0.1, 0.15) is 30.9 Å². The fourth-order valence-electron chi connectivity index (χ4n) is 2.36.